The van der Waals surface area contributed by atoms with Crippen molar-refractivity contribution in [3.63, 3.8) is 0 Å². The van der Waals surface area contributed by atoms with Crippen LogP contribution in [0.1, 0.15) is 13.2 Å². The summed E-state index contributed by atoms with van der Waals surface area (Å²) >= 11 is 0. The first-order valence-corrected chi connectivity index (χ1v) is 6.49. The Hall–Kier alpha value is -2.01. The van der Waals surface area contributed by atoms with Crippen LogP contribution in [0.15, 0.2) is 21.9 Å². The fourth-order valence-corrected chi connectivity index (χ4v) is 2.01. The average Bonchev–Trinajstić information content (AvgIpc) is 2.73. The molecule has 10 nitrogen and oxygen atoms in total. The van der Waals surface area contributed by atoms with Crippen molar-refractivity contribution in [2.24, 2.45) is 0 Å². The van der Waals surface area contributed by atoms with E-state index in [1.807, 2.05) is 4.98 Å². The van der Waals surface area contributed by atoms with Gasteiger partial charge >= 0.3 is 11.7 Å². The minimum absolute atomic E-state index is 0.406. The molecule has 0 bridgehead atoms. The first-order chi connectivity index (χ1) is 10.3. The van der Waals surface area contributed by atoms with Crippen molar-refractivity contribution in [1.29, 1.82) is 0 Å². The number of esters is 1. The Balaban J connectivity index is 2.11. The van der Waals surface area contributed by atoms with E-state index in [1.165, 1.54) is 6.92 Å². The predicted octanol–water partition coefficient (Wildman–Crippen LogP) is -2.92. The molecule has 2 rings (SSSR count). The zero-order chi connectivity index (χ0) is 16.4. The second kappa shape index (κ2) is 6.40. The first kappa shape index (κ1) is 16.4. The van der Waals surface area contributed by atoms with Crippen LogP contribution in [0.2, 0.25) is 0 Å². The molecule has 1 fully saturated rings. The molecule has 10 heteroatoms. The highest BCUT2D eigenvalue weighted by molar-refractivity contribution is 5.73. The number of carbonyl (C=O) groups is 1. The van der Waals surface area contributed by atoms with Crippen LogP contribution in [0.5, 0.6) is 0 Å². The third kappa shape index (κ3) is 3.25. The summed E-state index contributed by atoms with van der Waals surface area (Å²) in [6.07, 6.45) is -5.41. The molecule has 1 saturated heterocycles. The lowest BCUT2D eigenvalue weighted by Gasteiger charge is -2.16. The Labute approximate surface area is 123 Å². The van der Waals surface area contributed by atoms with Crippen LogP contribution in [-0.4, -0.2) is 61.9 Å². The summed E-state index contributed by atoms with van der Waals surface area (Å²) in [5.74, 6) is -0.907. The molecule has 0 spiro atoms. The Morgan fingerprint density at radius 1 is 1.45 bits per heavy atom. The molecule has 2 heterocycles. The minimum atomic E-state index is -1.46. The smallest absolute Gasteiger partial charge is 0.334 e. The van der Waals surface area contributed by atoms with Crippen molar-refractivity contribution in [2.75, 3.05) is 6.61 Å². The number of nitrogens with one attached hydrogen (secondary N) is 1. The highest BCUT2D eigenvalue weighted by Crippen LogP contribution is 2.28. The van der Waals surface area contributed by atoms with Gasteiger partial charge in [-0.25, -0.2) is 9.59 Å². The molecule has 0 saturated carbocycles. The molecule has 5 atom stereocenters. The van der Waals surface area contributed by atoms with Crippen molar-refractivity contribution in [3.8, 4) is 0 Å². The maximum absolute atomic E-state index is 11.7. The molecule has 1 aromatic heterocycles. The quantitative estimate of drug-likeness (QED) is 0.431. The van der Waals surface area contributed by atoms with E-state index in [0.29, 0.717) is 0 Å². The van der Waals surface area contributed by atoms with Crippen LogP contribution in [0, 0.1) is 0 Å². The summed E-state index contributed by atoms with van der Waals surface area (Å²) in [5.41, 5.74) is -1.43. The van der Waals surface area contributed by atoms with E-state index in [0.717, 1.165) is 16.8 Å². The van der Waals surface area contributed by atoms with E-state index in [9.17, 15) is 24.6 Å². The number of hydrogen-bond acceptors (Lipinski definition) is 8. The molecular formula is C12H16N2O8. The zero-order valence-corrected chi connectivity index (χ0v) is 11.6. The number of H-pyrrole nitrogens is 1. The van der Waals surface area contributed by atoms with Gasteiger partial charge in [0.1, 0.15) is 31.0 Å². The van der Waals surface area contributed by atoms with E-state index >= 15 is 0 Å². The van der Waals surface area contributed by atoms with Crippen LogP contribution in [-0.2, 0) is 14.3 Å². The van der Waals surface area contributed by atoms with Crippen LogP contribution in [0.25, 0.3) is 0 Å². The Morgan fingerprint density at radius 3 is 2.73 bits per heavy atom. The third-order valence-electron chi connectivity index (χ3n) is 3.19. The number of ether oxygens (including phenoxy) is 2. The lowest BCUT2D eigenvalue weighted by Crippen LogP contribution is -2.38. The fourth-order valence-electron chi connectivity index (χ4n) is 2.01. The monoisotopic (exact) mass is 316 g/mol. The number of aliphatic hydroxyl groups excluding tert-OH is 3. The molecular weight excluding hydrogens is 300 g/mol. The normalized spacial score (nSPS) is 29.3. The van der Waals surface area contributed by atoms with Gasteiger partial charge in [-0.3, -0.25) is 14.3 Å². The fraction of sp³-hybridized carbons (Fsp3) is 0.583. The van der Waals surface area contributed by atoms with Gasteiger partial charge in [0.2, 0.25) is 0 Å². The van der Waals surface area contributed by atoms with Crippen LogP contribution >= 0.6 is 0 Å². The van der Waals surface area contributed by atoms with Gasteiger partial charge in [-0.15, -0.1) is 0 Å². The van der Waals surface area contributed by atoms with Crippen LogP contribution in [0.3, 0.4) is 0 Å². The van der Waals surface area contributed by atoms with Crippen LogP contribution < -0.4 is 11.2 Å². The van der Waals surface area contributed by atoms with Gasteiger partial charge < -0.3 is 24.8 Å². The number of aromatic amines is 1. The van der Waals surface area contributed by atoms with E-state index in [-0.39, 0.29) is 0 Å². The molecule has 4 N–H and O–H groups in total. The van der Waals surface area contributed by atoms with Gasteiger partial charge in [0.25, 0.3) is 5.56 Å². The second-order valence-electron chi connectivity index (χ2n) is 4.87. The van der Waals surface area contributed by atoms with Gasteiger partial charge in [0.15, 0.2) is 6.23 Å². The molecule has 1 aromatic rings. The first-order valence-electron chi connectivity index (χ1n) is 6.49. The number of aromatic nitrogens is 2. The highest BCUT2D eigenvalue weighted by atomic mass is 16.6. The summed E-state index contributed by atoms with van der Waals surface area (Å²) in [4.78, 5) is 35.8. The molecule has 22 heavy (non-hydrogen) atoms. The summed E-state index contributed by atoms with van der Waals surface area (Å²) in [5, 5.41) is 28.8. The maximum atomic E-state index is 11.7. The molecule has 1 aliphatic heterocycles. The number of aliphatic hydroxyl groups is 3. The van der Waals surface area contributed by atoms with E-state index in [1.54, 1.807) is 0 Å². The van der Waals surface area contributed by atoms with Gasteiger partial charge in [-0.2, -0.15) is 0 Å². The molecule has 1 aliphatic rings. The maximum Gasteiger partial charge on any atom is 0.334 e. The Bertz CT molecular complexity index is 651. The largest absolute Gasteiger partial charge is 0.461 e. The van der Waals surface area contributed by atoms with Gasteiger partial charge in [-0.1, -0.05) is 0 Å². The number of hydrogen-bond donors (Lipinski definition) is 4. The van der Waals surface area contributed by atoms with E-state index in [2.05, 4.69) is 0 Å². The average molecular weight is 316 g/mol. The lowest BCUT2D eigenvalue weighted by molar-refractivity contribution is -0.158. The van der Waals surface area contributed by atoms with Gasteiger partial charge in [0, 0.05) is 12.3 Å². The van der Waals surface area contributed by atoms with Gasteiger partial charge in [-0.05, 0) is 6.92 Å². The van der Waals surface area contributed by atoms with Crippen molar-refractivity contribution in [2.45, 2.75) is 37.6 Å². The number of carbonyl (C=O) groups excluding carboxylic acids is 1. The number of nitrogens with zero attached hydrogens (tertiary/aromatic N) is 1. The van der Waals surface area contributed by atoms with Crippen LogP contribution in [0.4, 0.5) is 0 Å². The van der Waals surface area contributed by atoms with Crippen molar-refractivity contribution in [1.82, 2.24) is 9.55 Å². The Kier molecular flexibility index (Phi) is 4.76. The minimum Gasteiger partial charge on any atom is -0.461 e. The van der Waals surface area contributed by atoms with E-state index < -0.39 is 54.5 Å². The SMILES string of the molecule is C[C@@H](O)C(=O)OC[C@H]1O[C@@H](n2ccc(=O)[nH]c2=O)[C@H](O)[C@@H]1O. The van der Waals surface area contributed by atoms with Crippen molar-refractivity contribution >= 4 is 5.97 Å². The third-order valence-corrected chi connectivity index (χ3v) is 3.19. The second-order valence-corrected chi connectivity index (χ2v) is 4.87. The summed E-state index contributed by atoms with van der Waals surface area (Å²) in [6, 6.07) is 1.06. The predicted molar refractivity (Wildman–Crippen MR) is 69.9 cm³/mol. The summed E-state index contributed by atoms with van der Waals surface area (Å²) < 4.78 is 10.9. The molecule has 0 amide bonds. The summed E-state index contributed by atoms with van der Waals surface area (Å²) in [7, 11) is 0. The van der Waals surface area contributed by atoms with Gasteiger partial charge in [0.05, 0.1) is 0 Å². The molecule has 0 aliphatic carbocycles. The van der Waals surface area contributed by atoms with Crippen molar-refractivity contribution in [3.05, 3.63) is 33.1 Å². The number of rotatable bonds is 4. The topological polar surface area (TPSA) is 151 Å². The molecule has 0 aromatic carbocycles. The molecule has 122 valence electrons. The Morgan fingerprint density at radius 2 is 2.14 bits per heavy atom. The summed E-state index contributed by atoms with van der Waals surface area (Å²) in [6.45, 7) is 0.808. The molecule has 0 unspecified atom stereocenters. The lowest BCUT2D eigenvalue weighted by atomic mass is 10.1. The van der Waals surface area contributed by atoms with E-state index in [4.69, 9.17) is 14.6 Å². The highest BCUT2D eigenvalue weighted by Gasteiger charge is 2.44. The standard InChI is InChI=1S/C12H16N2O8/c1-5(15)11(19)21-4-6-8(17)9(18)10(22-6)14-3-2-7(16)13-12(14)20/h2-3,5-6,8-10,15,17-18H,4H2,1H3,(H,13,16,20)/t5-,6-,8-,9-,10-/m1/s1. The zero-order valence-electron chi connectivity index (χ0n) is 11.6. The molecule has 0 radical (unpaired) electrons. The van der Waals surface area contributed by atoms with Crippen molar-refractivity contribution < 1.29 is 29.6 Å².